The molecule has 20 heavy (non-hydrogen) atoms. The van der Waals surface area contributed by atoms with E-state index in [0.29, 0.717) is 13.0 Å². The summed E-state index contributed by atoms with van der Waals surface area (Å²) in [6.45, 7) is 2.20. The minimum absolute atomic E-state index is 0.474. The van der Waals surface area contributed by atoms with Gasteiger partial charge in [0.2, 0.25) is 0 Å². The van der Waals surface area contributed by atoms with E-state index in [1.807, 2.05) is 6.07 Å². The van der Waals surface area contributed by atoms with E-state index in [1.165, 1.54) is 5.56 Å². The number of hydrogen-bond donors (Lipinski definition) is 2. The van der Waals surface area contributed by atoms with Gasteiger partial charge < -0.3 is 15.1 Å². The molecule has 1 aliphatic rings. The Morgan fingerprint density at radius 2 is 2.00 bits per heavy atom. The maximum Gasteiger partial charge on any atom is 0.310 e. The minimum atomic E-state index is -0.883. The molecule has 4 heteroatoms. The summed E-state index contributed by atoms with van der Waals surface area (Å²) in [6.07, 6.45) is 3.13. The van der Waals surface area contributed by atoms with Gasteiger partial charge in [0.25, 0.3) is 0 Å². The van der Waals surface area contributed by atoms with Crippen LogP contribution in [-0.4, -0.2) is 46.8 Å². The first-order valence-corrected chi connectivity index (χ1v) is 7.34. The monoisotopic (exact) mass is 277 g/mol. The Hall–Kier alpha value is -1.39. The van der Waals surface area contributed by atoms with Gasteiger partial charge in [-0.15, -0.1) is 0 Å². The lowest BCUT2D eigenvalue weighted by Crippen LogP contribution is -2.46. The number of benzene rings is 1. The Bertz CT molecular complexity index is 421. The molecule has 1 aromatic carbocycles. The topological polar surface area (TPSA) is 60.8 Å². The summed E-state index contributed by atoms with van der Waals surface area (Å²) < 4.78 is 0. The van der Waals surface area contributed by atoms with Gasteiger partial charge in [-0.3, -0.25) is 4.79 Å². The van der Waals surface area contributed by atoms with Crippen LogP contribution in [0.2, 0.25) is 0 Å². The quantitative estimate of drug-likeness (QED) is 0.778. The number of carbonyl (C=O) groups is 1. The highest BCUT2D eigenvalue weighted by Crippen LogP contribution is 2.18. The summed E-state index contributed by atoms with van der Waals surface area (Å²) in [6, 6.07) is 10.4. The predicted molar refractivity (Wildman–Crippen MR) is 77.6 cm³/mol. The molecule has 1 heterocycles. The molecule has 110 valence electrons. The number of aliphatic hydroxyl groups excluding tert-OH is 1. The zero-order chi connectivity index (χ0) is 14.4. The van der Waals surface area contributed by atoms with Gasteiger partial charge in [-0.05, 0) is 37.8 Å². The fourth-order valence-electron chi connectivity index (χ4n) is 2.76. The molecule has 2 atom stereocenters. The number of carboxylic acid groups (broad SMARTS) is 1. The number of unbranched alkanes of at least 4 members (excludes halogenated alkanes) is 1. The Balaban J connectivity index is 1.68. The second kappa shape index (κ2) is 7.41. The molecule has 0 saturated carbocycles. The minimum Gasteiger partial charge on any atom is -0.481 e. The van der Waals surface area contributed by atoms with Gasteiger partial charge in [0.05, 0.1) is 12.0 Å². The van der Waals surface area contributed by atoms with Crippen LogP contribution in [0.1, 0.15) is 24.8 Å². The Kier molecular flexibility index (Phi) is 5.56. The van der Waals surface area contributed by atoms with Crippen molar-refractivity contribution in [2.75, 3.05) is 19.6 Å². The SMILES string of the molecule is O=C(O)[C@H]1CN(CCCCc2ccccc2)CC[C@H]1O. The van der Waals surface area contributed by atoms with Crippen LogP contribution in [0.15, 0.2) is 30.3 Å². The molecule has 2 N–H and O–H groups in total. The third-order valence-corrected chi connectivity index (χ3v) is 4.01. The molecule has 4 nitrogen and oxygen atoms in total. The molecule has 0 spiro atoms. The van der Waals surface area contributed by atoms with Gasteiger partial charge in [-0.1, -0.05) is 30.3 Å². The smallest absolute Gasteiger partial charge is 0.310 e. The van der Waals surface area contributed by atoms with Crippen molar-refractivity contribution in [1.29, 1.82) is 0 Å². The molecule has 0 aromatic heterocycles. The molecule has 0 amide bonds. The van der Waals surface area contributed by atoms with E-state index < -0.39 is 18.0 Å². The highest BCUT2D eigenvalue weighted by Gasteiger charge is 2.32. The number of rotatable bonds is 6. The molecule has 0 bridgehead atoms. The van der Waals surface area contributed by atoms with Crippen LogP contribution in [0.4, 0.5) is 0 Å². The lowest BCUT2D eigenvalue weighted by atomic mass is 9.94. The number of nitrogens with zero attached hydrogens (tertiary/aromatic N) is 1. The van der Waals surface area contributed by atoms with Crippen LogP contribution in [0.25, 0.3) is 0 Å². The number of likely N-dealkylation sites (tertiary alicyclic amines) is 1. The van der Waals surface area contributed by atoms with E-state index in [0.717, 1.165) is 32.4 Å². The lowest BCUT2D eigenvalue weighted by Gasteiger charge is -2.33. The number of aryl methyl sites for hydroxylation is 1. The zero-order valence-electron chi connectivity index (χ0n) is 11.7. The molecule has 0 unspecified atom stereocenters. The van der Waals surface area contributed by atoms with Crippen molar-refractivity contribution in [2.24, 2.45) is 5.92 Å². The summed E-state index contributed by atoms with van der Waals surface area (Å²) in [7, 11) is 0. The van der Waals surface area contributed by atoms with E-state index in [1.54, 1.807) is 0 Å². The highest BCUT2D eigenvalue weighted by atomic mass is 16.4. The van der Waals surface area contributed by atoms with Crippen LogP contribution < -0.4 is 0 Å². The summed E-state index contributed by atoms with van der Waals surface area (Å²) in [4.78, 5) is 13.2. The molecule has 1 aromatic rings. The van der Waals surface area contributed by atoms with E-state index in [-0.39, 0.29) is 0 Å². The standard InChI is InChI=1S/C16H23NO3/c18-15-9-11-17(12-14(15)16(19)20)10-5-4-8-13-6-2-1-3-7-13/h1-3,6-7,14-15,18H,4-5,8-12H2,(H,19,20)/t14-,15+/m0/s1. The average Bonchev–Trinajstić information content (AvgIpc) is 2.46. The number of aliphatic carboxylic acids is 1. The van der Waals surface area contributed by atoms with Crippen LogP contribution in [-0.2, 0) is 11.2 Å². The largest absolute Gasteiger partial charge is 0.481 e. The van der Waals surface area contributed by atoms with Gasteiger partial charge in [-0.25, -0.2) is 0 Å². The van der Waals surface area contributed by atoms with Crippen molar-refractivity contribution in [3.05, 3.63) is 35.9 Å². The maximum atomic E-state index is 11.0. The maximum absolute atomic E-state index is 11.0. The van der Waals surface area contributed by atoms with Crippen LogP contribution in [0, 0.1) is 5.92 Å². The predicted octanol–water partition coefficient (Wildman–Crippen LogP) is 1.78. The Morgan fingerprint density at radius 1 is 1.25 bits per heavy atom. The molecule has 0 aliphatic carbocycles. The number of carboxylic acids is 1. The van der Waals surface area contributed by atoms with Crippen molar-refractivity contribution in [1.82, 2.24) is 4.90 Å². The normalized spacial score (nSPS) is 23.6. The zero-order valence-corrected chi connectivity index (χ0v) is 11.7. The third kappa shape index (κ3) is 4.32. The number of hydrogen-bond acceptors (Lipinski definition) is 3. The molecule has 1 aliphatic heterocycles. The van der Waals surface area contributed by atoms with E-state index in [9.17, 15) is 9.90 Å². The lowest BCUT2D eigenvalue weighted by molar-refractivity contribution is -0.148. The number of piperidine rings is 1. The van der Waals surface area contributed by atoms with E-state index >= 15 is 0 Å². The summed E-state index contributed by atoms with van der Waals surface area (Å²) in [5.41, 5.74) is 1.35. The number of aliphatic hydroxyl groups is 1. The third-order valence-electron chi connectivity index (χ3n) is 4.01. The van der Waals surface area contributed by atoms with Gasteiger partial charge in [0, 0.05) is 13.1 Å². The van der Waals surface area contributed by atoms with Crippen molar-refractivity contribution >= 4 is 5.97 Å². The van der Waals surface area contributed by atoms with Gasteiger partial charge in [-0.2, -0.15) is 0 Å². The van der Waals surface area contributed by atoms with Crippen LogP contribution >= 0.6 is 0 Å². The van der Waals surface area contributed by atoms with Crippen LogP contribution in [0.5, 0.6) is 0 Å². The average molecular weight is 277 g/mol. The van der Waals surface area contributed by atoms with E-state index in [2.05, 4.69) is 29.2 Å². The Labute approximate surface area is 120 Å². The second-order valence-corrected chi connectivity index (χ2v) is 5.54. The first kappa shape index (κ1) is 15.0. The molecular weight excluding hydrogens is 254 g/mol. The summed E-state index contributed by atoms with van der Waals surface area (Å²) in [5, 5.41) is 18.7. The van der Waals surface area contributed by atoms with E-state index in [4.69, 9.17) is 5.11 Å². The van der Waals surface area contributed by atoms with Gasteiger partial charge >= 0.3 is 5.97 Å². The molecular formula is C16H23NO3. The molecule has 0 radical (unpaired) electrons. The Morgan fingerprint density at radius 3 is 2.70 bits per heavy atom. The fourth-order valence-corrected chi connectivity index (χ4v) is 2.76. The van der Waals surface area contributed by atoms with Crippen molar-refractivity contribution < 1.29 is 15.0 Å². The fraction of sp³-hybridized carbons (Fsp3) is 0.562. The van der Waals surface area contributed by atoms with Gasteiger partial charge in [0.15, 0.2) is 0 Å². The molecule has 1 saturated heterocycles. The van der Waals surface area contributed by atoms with Crippen molar-refractivity contribution in [2.45, 2.75) is 31.8 Å². The van der Waals surface area contributed by atoms with Gasteiger partial charge in [0.1, 0.15) is 0 Å². The second-order valence-electron chi connectivity index (χ2n) is 5.54. The van der Waals surface area contributed by atoms with Crippen LogP contribution in [0.3, 0.4) is 0 Å². The first-order chi connectivity index (χ1) is 9.66. The molecule has 2 rings (SSSR count). The highest BCUT2D eigenvalue weighted by molar-refractivity contribution is 5.71. The summed E-state index contributed by atoms with van der Waals surface area (Å²) >= 11 is 0. The van der Waals surface area contributed by atoms with Crippen molar-refractivity contribution in [3.63, 3.8) is 0 Å². The first-order valence-electron chi connectivity index (χ1n) is 7.34. The summed E-state index contributed by atoms with van der Waals surface area (Å²) in [5.74, 6) is -1.51. The van der Waals surface area contributed by atoms with Crippen molar-refractivity contribution in [3.8, 4) is 0 Å². The molecule has 1 fully saturated rings.